The summed E-state index contributed by atoms with van der Waals surface area (Å²) in [5, 5.41) is 0. The highest BCUT2D eigenvalue weighted by Gasteiger charge is 2.30. The second-order valence-corrected chi connectivity index (χ2v) is 4.52. The summed E-state index contributed by atoms with van der Waals surface area (Å²) in [6, 6.07) is 0. The van der Waals surface area contributed by atoms with Crippen LogP contribution in [0.4, 0.5) is 0 Å². The monoisotopic (exact) mass is 184 g/mol. The Morgan fingerprint density at radius 2 is 1.77 bits per heavy atom. The van der Waals surface area contributed by atoms with Crippen LogP contribution < -0.4 is 0 Å². The van der Waals surface area contributed by atoms with Gasteiger partial charge in [0.1, 0.15) is 5.78 Å². The summed E-state index contributed by atoms with van der Waals surface area (Å²) in [6.45, 7) is 10.8. The van der Waals surface area contributed by atoms with Crippen LogP contribution in [-0.4, -0.2) is 5.78 Å². The number of Topliss-reactive ketones (excluding diaryl/α,β-unsaturated/α-hetero) is 1. The molecule has 0 aromatic carbocycles. The van der Waals surface area contributed by atoms with Crippen LogP contribution in [0.25, 0.3) is 0 Å². The molecule has 13 heavy (non-hydrogen) atoms. The lowest BCUT2D eigenvalue weighted by Gasteiger charge is -2.31. The lowest BCUT2D eigenvalue weighted by Crippen LogP contribution is -2.29. The Bertz CT molecular complexity index is 159. The van der Waals surface area contributed by atoms with Crippen molar-refractivity contribution in [2.24, 2.45) is 11.3 Å². The molecule has 0 N–H and O–H groups in total. The molecule has 1 nitrogen and oxygen atoms in total. The smallest absolute Gasteiger partial charge is 0.136 e. The van der Waals surface area contributed by atoms with Crippen LogP contribution in [0.2, 0.25) is 0 Å². The van der Waals surface area contributed by atoms with E-state index in [1.54, 1.807) is 0 Å². The topological polar surface area (TPSA) is 17.1 Å². The van der Waals surface area contributed by atoms with Crippen molar-refractivity contribution in [3.63, 3.8) is 0 Å². The molecule has 1 atom stereocenters. The maximum Gasteiger partial charge on any atom is 0.136 e. The van der Waals surface area contributed by atoms with E-state index in [2.05, 4.69) is 34.6 Å². The number of ketones is 1. The third-order valence-electron chi connectivity index (χ3n) is 3.15. The van der Waals surface area contributed by atoms with Crippen molar-refractivity contribution in [2.75, 3.05) is 0 Å². The van der Waals surface area contributed by atoms with E-state index in [1.807, 2.05) is 0 Å². The number of hydrogen-bond donors (Lipinski definition) is 0. The first-order valence-corrected chi connectivity index (χ1v) is 5.52. The summed E-state index contributed by atoms with van der Waals surface area (Å²) in [5.74, 6) is 0.717. The number of hydrogen-bond acceptors (Lipinski definition) is 1. The quantitative estimate of drug-likeness (QED) is 0.613. The average molecular weight is 184 g/mol. The normalized spacial score (nSPS) is 14.2. The Balaban J connectivity index is 4.40. The minimum atomic E-state index is 0.182. The van der Waals surface area contributed by atoms with Crippen LogP contribution in [0.15, 0.2) is 0 Å². The molecular formula is C12H24O. The summed E-state index contributed by atoms with van der Waals surface area (Å²) < 4.78 is 0. The molecule has 1 unspecified atom stereocenters. The molecule has 0 fully saturated rings. The maximum absolute atomic E-state index is 11.8. The fraction of sp³-hybridized carbons (Fsp3) is 0.917. The second-order valence-electron chi connectivity index (χ2n) is 4.52. The average Bonchev–Trinajstić information content (AvgIpc) is 2.05. The molecule has 1 heteroatoms. The predicted molar refractivity (Wildman–Crippen MR) is 57.8 cm³/mol. The highest BCUT2D eigenvalue weighted by molar-refractivity contribution is 5.81. The van der Waals surface area contributed by atoms with Crippen LogP contribution >= 0.6 is 0 Å². The number of carbonyl (C=O) groups excluding carboxylic acids is 1. The van der Waals surface area contributed by atoms with Crippen molar-refractivity contribution in [3.05, 3.63) is 0 Å². The maximum atomic E-state index is 11.8. The molecule has 0 aromatic rings. The number of carbonyl (C=O) groups is 1. The standard InChI is InChI=1S/C12H24O/c1-6-9-11(13)10(7-2)12(4,5)8-3/h10H,6-9H2,1-5H3. The van der Waals surface area contributed by atoms with Gasteiger partial charge in [0.2, 0.25) is 0 Å². The van der Waals surface area contributed by atoms with E-state index in [0.717, 1.165) is 25.7 Å². The van der Waals surface area contributed by atoms with E-state index in [1.165, 1.54) is 0 Å². The van der Waals surface area contributed by atoms with E-state index in [4.69, 9.17) is 0 Å². The van der Waals surface area contributed by atoms with Gasteiger partial charge in [-0.05, 0) is 18.3 Å². The first kappa shape index (κ1) is 12.7. The zero-order chi connectivity index (χ0) is 10.5. The zero-order valence-electron chi connectivity index (χ0n) is 9.81. The SMILES string of the molecule is CCCC(=O)C(CC)C(C)(C)CC. The third-order valence-corrected chi connectivity index (χ3v) is 3.15. The summed E-state index contributed by atoms with van der Waals surface area (Å²) in [6.07, 6.45) is 3.80. The molecule has 0 aromatic heterocycles. The van der Waals surface area contributed by atoms with Gasteiger partial charge in [-0.15, -0.1) is 0 Å². The van der Waals surface area contributed by atoms with Crippen molar-refractivity contribution >= 4 is 5.78 Å². The molecule has 0 amide bonds. The largest absolute Gasteiger partial charge is 0.299 e. The van der Waals surface area contributed by atoms with Gasteiger partial charge in [-0.25, -0.2) is 0 Å². The van der Waals surface area contributed by atoms with Crippen LogP contribution in [0.3, 0.4) is 0 Å². The van der Waals surface area contributed by atoms with Crippen molar-refractivity contribution in [2.45, 2.75) is 60.3 Å². The molecule has 78 valence electrons. The van der Waals surface area contributed by atoms with E-state index in [-0.39, 0.29) is 11.3 Å². The van der Waals surface area contributed by atoms with Gasteiger partial charge in [0.15, 0.2) is 0 Å². The Morgan fingerprint density at radius 3 is 2.08 bits per heavy atom. The Morgan fingerprint density at radius 1 is 1.23 bits per heavy atom. The molecule has 0 rings (SSSR count). The Labute approximate surface area is 82.9 Å². The summed E-state index contributed by atoms with van der Waals surface area (Å²) >= 11 is 0. The fourth-order valence-electron chi connectivity index (χ4n) is 1.88. The first-order valence-electron chi connectivity index (χ1n) is 5.52. The van der Waals surface area contributed by atoms with Gasteiger partial charge in [0.05, 0.1) is 0 Å². The highest BCUT2D eigenvalue weighted by Crippen LogP contribution is 2.34. The van der Waals surface area contributed by atoms with Gasteiger partial charge >= 0.3 is 0 Å². The molecule has 0 aliphatic carbocycles. The minimum Gasteiger partial charge on any atom is -0.299 e. The number of rotatable bonds is 6. The summed E-state index contributed by atoms with van der Waals surface area (Å²) in [7, 11) is 0. The van der Waals surface area contributed by atoms with Crippen molar-refractivity contribution in [1.82, 2.24) is 0 Å². The molecule has 0 saturated carbocycles. The van der Waals surface area contributed by atoms with Crippen LogP contribution in [0, 0.1) is 11.3 Å². The van der Waals surface area contributed by atoms with E-state index in [0.29, 0.717) is 5.78 Å². The molecular weight excluding hydrogens is 160 g/mol. The van der Waals surface area contributed by atoms with Crippen molar-refractivity contribution in [3.8, 4) is 0 Å². The molecule has 0 bridgehead atoms. The van der Waals surface area contributed by atoms with Crippen LogP contribution in [-0.2, 0) is 4.79 Å². The molecule has 0 spiro atoms. The van der Waals surface area contributed by atoms with Gasteiger partial charge in [0, 0.05) is 12.3 Å². The van der Waals surface area contributed by atoms with Gasteiger partial charge in [-0.1, -0.05) is 41.0 Å². The molecule has 0 saturated heterocycles. The van der Waals surface area contributed by atoms with E-state index in [9.17, 15) is 4.79 Å². The molecule has 0 heterocycles. The lowest BCUT2D eigenvalue weighted by molar-refractivity contribution is -0.126. The first-order chi connectivity index (χ1) is 5.99. The van der Waals surface area contributed by atoms with Crippen LogP contribution in [0.1, 0.15) is 60.3 Å². The van der Waals surface area contributed by atoms with Crippen molar-refractivity contribution < 1.29 is 4.79 Å². The van der Waals surface area contributed by atoms with Crippen molar-refractivity contribution in [1.29, 1.82) is 0 Å². The second kappa shape index (κ2) is 5.41. The predicted octanol–water partition coefficient (Wildman–Crippen LogP) is 3.82. The lowest BCUT2D eigenvalue weighted by atomic mass is 9.72. The van der Waals surface area contributed by atoms with Gasteiger partial charge < -0.3 is 0 Å². The van der Waals surface area contributed by atoms with Crippen LogP contribution in [0.5, 0.6) is 0 Å². The highest BCUT2D eigenvalue weighted by atomic mass is 16.1. The van der Waals surface area contributed by atoms with Gasteiger partial charge in [-0.2, -0.15) is 0 Å². The van der Waals surface area contributed by atoms with E-state index < -0.39 is 0 Å². The van der Waals surface area contributed by atoms with E-state index >= 15 is 0 Å². The molecule has 0 aliphatic rings. The fourth-order valence-corrected chi connectivity index (χ4v) is 1.88. The third kappa shape index (κ3) is 3.50. The Kier molecular flexibility index (Phi) is 5.27. The Hall–Kier alpha value is -0.330. The van der Waals surface area contributed by atoms with Gasteiger partial charge in [-0.3, -0.25) is 4.79 Å². The zero-order valence-corrected chi connectivity index (χ0v) is 9.81. The molecule has 0 radical (unpaired) electrons. The molecule has 0 aliphatic heterocycles. The minimum absolute atomic E-state index is 0.182. The summed E-state index contributed by atoms with van der Waals surface area (Å²) in [5.41, 5.74) is 0.182. The summed E-state index contributed by atoms with van der Waals surface area (Å²) in [4.78, 5) is 11.8. The van der Waals surface area contributed by atoms with Gasteiger partial charge in [0.25, 0.3) is 0 Å².